The Kier molecular flexibility index (Phi) is 6.54. The van der Waals surface area contributed by atoms with Crippen molar-refractivity contribution in [3.8, 4) is 0 Å². The summed E-state index contributed by atoms with van der Waals surface area (Å²) in [6.07, 6.45) is 2.58. The third-order valence-corrected chi connectivity index (χ3v) is 4.79. The molecule has 1 saturated heterocycles. The van der Waals surface area contributed by atoms with Crippen molar-refractivity contribution in [3.05, 3.63) is 11.7 Å². The lowest BCUT2D eigenvalue weighted by molar-refractivity contribution is 0.183. The van der Waals surface area contributed by atoms with Gasteiger partial charge in [-0.1, -0.05) is 19.0 Å². The Morgan fingerprint density at radius 3 is 3.05 bits per heavy atom. The number of nitrogens with zero attached hydrogens (tertiary/aromatic N) is 3. The van der Waals surface area contributed by atoms with E-state index in [1.165, 1.54) is 0 Å². The van der Waals surface area contributed by atoms with Crippen molar-refractivity contribution in [2.75, 3.05) is 24.6 Å². The van der Waals surface area contributed by atoms with Gasteiger partial charge in [-0.3, -0.25) is 0 Å². The highest BCUT2D eigenvalue weighted by molar-refractivity contribution is 7.99. The smallest absolute Gasteiger partial charge is 0.317 e. The molecule has 0 bridgehead atoms. The van der Waals surface area contributed by atoms with Gasteiger partial charge in [-0.25, -0.2) is 4.79 Å². The molecule has 124 valence electrons. The van der Waals surface area contributed by atoms with E-state index in [1.807, 2.05) is 30.5 Å². The van der Waals surface area contributed by atoms with E-state index in [-0.39, 0.29) is 11.9 Å². The molecule has 0 unspecified atom stereocenters. The third-order valence-electron chi connectivity index (χ3n) is 3.79. The van der Waals surface area contributed by atoms with E-state index < -0.39 is 0 Å². The fourth-order valence-electron chi connectivity index (χ4n) is 2.34. The molecule has 1 N–H and O–H groups in total. The highest BCUT2D eigenvalue weighted by atomic mass is 32.2. The normalized spacial score (nSPS) is 19.3. The number of thioether (sulfide) groups is 1. The van der Waals surface area contributed by atoms with Gasteiger partial charge in [0.2, 0.25) is 5.89 Å². The van der Waals surface area contributed by atoms with Gasteiger partial charge >= 0.3 is 6.03 Å². The van der Waals surface area contributed by atoms with Crippen molar-refractivity contribution in [3.63, 3.8) is 0 Å². The first kappa shape index (κ1) is 17.1. The number of urea groups is 1. The summed E-state index contributed by atoms with van der Waals surface area (Å²) in [5.74, 6) is 3.84. The maximum atomic E-state index is 12.2. The first-order chi connectivity index (χ1) is 10.6. The summed E-state index contributed by atoms with van der Waals surface area (Å²) >= 11 is 1.92. The van der Waals surface area contributed by atoms with E-state index in [2.05, 4.69) is 22.4 Å². The lowest BCUT2D eigenvalue weighted by atomic mass is 10.2. The van der Waals surface area contributed by atoms with E-state index in [0.717, 1.165) is 36.7 Å². The number of amides is 2. The summed E-state index contributed by atoms with van der Waals surface area (Å²) in [6.45, 7) is 7.66. The molecule has 2 amide bonds. The van der Waals surface area contributed by atoms with E-state index >= 15 is 0 Å². The molecule has 6 nitrogen and oxygen atoms in total. The standard InChI is InChI=1S/C15H26N4O2S/c1-11(2)14-17-13(21-18-14)5-4-7-16-15(20)19-8-10-22-9-6-12(19)3/h11-12H,4-10H2,1-3H3,(H,16,20)/t12-/m1/s1. The van der Waals surface area contributed by atoms with Gasteiger partial charge < -0.3 is 14.7 Å². The van der Waals surface area contributed by atoms with Crippen molar-refractivity contribution < 1.29 is 9.32 Å². The van der Waals surface area contributed by atoms with Gasteiger partial charge in [-0.05, 0) is 25.5 Å². The van der Waals surface area contributed by atoms with Gasteiger partial charge in [0.1, 0.15) is 0 Å². The second-order valence-corrected chi connectivity index (χ2v) is 7.20. The summed E-state index contributed by atoms with van der Waals surface area (Å²) in [4.78, 5) is 18.5. The largest absolute Gasteiger partial charge is 0.339 e. The Bertz CT molecular complexity index is 478. The van der Waals surface area contributed by atoms with Crippen LogP contribution in [0.2, 0.25) is 0 Å². The summed E-state index contributed by atoms with van der Waals surface area (Å²) < 4.78 is 5.20. The Hall–Kier alpha value is -1.24. The lowest BCUT2D eigenvalue weighted by Crippen LogP contribution is -2.45. The van der Waals surface area contributed by atoms with Gasteiger partial charge in [0.15, 0.2) is 5.82 Å². The molecule has 1 aliphatic rings. The number of aromatic nitrogens is 2. The molecule has 22 heavy (non-hydrogen) atoms. The van der Waals surface area contributed by atoms with Crippen LogP contribution in [0.15, 0.2) is 4.52 Å². The van der Waals surface area contributed by atoms with E-state index in [0.29, 0.717) is 24.9 Å². The predicted octanol–water partition coefficient (Wildman–Crippen LogP) is 2.66. The van der Waals surface area contributed by atoms with E-state index in [4.69, 9.17) is 4.52 Å². The van der Waals surface area contributed by atoms with Gasteiger partial charge in [-0.15, -0.1) is 0 Å². The molecule has 7 heteroatoms. The van der Waals surface area contributed by atoms with E-state index in [9.17, 15) is 4.79 Å². The fraction of sp³-hybridized carbons (Fsp3) is 0.800. The Morgan fingerprint density at radius 2 is 2.32 bits per heavy atom. The molecular weight excluding hydrogens is 300 g/mol. The van der Waals surface area contributed by atoms with Crippen LogP contribution in [-0.4, -0.2) is 51.7 Å². The summed E-state index contributed by atoms with van der Waals surface area (Å²) in [6, 6.07) is 0.364. The number of nitrogens with one attached hydrogen (secondary N) is 1. The van der Waals surface area contributed by atoms with Gasteiger partial charge in [0, 0.05) is 37.2 Å². The zero-order chi connectivity index (χ0) is 15.9. The van der Waals surface area contributed by atoms with Crippen LogP contribution in [0, 0.1) is 0 Å². The monoisotopic (exact) mass is 326 g/mol. The maximum absolute atomic E-state index is 12.2. The van der Waals surface area contributed by atoms with Gasteiger partial charge in [0.05, 0.1) is 0 Å². The zero-order valence-corrected chi connectivity index (χ0v) is 14.5. The summed E-state index contributed by atoms with van der Waals surface area (Å²) in [5, 5.41) is 6.94. The van der Waals surface area contributed by atoms with Crippen molar-refractivity contribution in [2.24, 2.45) is 0 Å². The minimum absolute atomic E-state index is 0.0448. The molecule has 2 heterocycles. The van der Waals surface area contributed by atoms with Crippen LogP contribution in [0.4, 0.5) is 4.79 Å². The van der Waals surface area contributed by atoms with Crippen molar-refractivity contribution in [1.29, 1.82) is 0 Å². The number of hydrogen-bond acceptors (Lipinski definition) is 5. The molecule has 0 radical (unpaired) electrons. The highest BCUT2D eigenvalue weighted by Gasteiger charge is 2.21. The molecule has 0 aliphatic carbocycles. The number of rotatable bonds is 5. The lowest BCUT2D eigenvalue weighted by Gasteiger charge is -2.26. The molecule has 1 aliphatic heterocycles. The van der Waals surface area contributed by atoms with E-state index in [1.54, 1.807) is 0 Å². The molecule has 1 aromatic heterocycles. The van der Waals surface area contributed by atoms with Gasteiger partial charge in [-0.2, -0.15) is 16.7 Å². The SMILES string of the molecule is CC(C)c1noc(CCCNC(=O)N2CCSCC[C@H]2C)n1. The topological polar surface area (TPSA) is 71.3 Å². The van der Waals surface area contributed by atoms with Crippen molar-refractivity contribution in [1.82, 2.24) is 20.4 Å². The van der Waals surface area contributed by atoms with Crippen molar-refractivity contribution >= 4 is 17.8 Å². The minimum Gasteiger partial charge on any atom is -0.339 e. The number of carbonyl (C=O) groups is 1. The second kappa shape index (κ2) is 8.41. The molecule has 1 atom stereocenters. The quantitative estimate of drug-likeness (QED) is 0.842. The fourth-order valence-corrected chi connectivity index (χ4v) is 3.38. The van der Waals surface area contributed by atoms with Crippen LogP contribution in [0.3, 0.4) is 0 Å². The predicted molar refractivity (Wildman–Crippen MR) is 88.2 cm³/mol. The van der Waals surface area contributed by atoms with Crippen LogP contribution >= 0.6 is 11.8 Å². The minimum atomic E-state index is 0.0448. The third kappa shape index (κ3) is 4.90. The summed E-state index contributed by atoms with van der Waals surface area (Å²) in [7, 11) is 0. The second-order valence-electron chi connectivity index (χ2n) is 5.98. The first-order valence-electron chi connectivity index (χ1n) is 8.02. The Balaban J connectivity index is 1.70. The molecule has 1 fully saturated rings. The number of aryl methyl sites for hydroxylation is 1. The average molecular weight is 326 g/mol. The Morgan fingerprint density at radius 1 is 1.50 bits per heavy atom. The average Bonchev–Trinajstić information content (AvgIpc) is 2.86. The maximum Gasteiger partial charge on any atom is 0.317 e. The van der Waals surface area contributed by atoms with Crippen molar-refractivity contribution in [2.45, 2.75) is 52.0 Å². The Labute approximate surface area is 136 Å². The molecule has 0 aromatic carbocycles. The number of hydrogen-bond donors (Lipinski definition) is 1. The first-order valence-corrected chi connectivity index (χ1v) is 9.18. The summed E-state index contributed by atoms with van der Waals surface area (Å²) in [5.41, 5.74) is 0. The molecule has 1 aromatic rings. The van der Waals surface area contributed by atoms with Crippen LogP contribution in [0.25, 0.3) is 0 Å². The van der Waals surface area contributed by atoms with Crippen LogP contribution in [0.1, 0.15) is 51.2 Å². The zero-order valence-electron chi connectivity index (χ0n) is 13.7. The molecule has 0 saturated carbocycles. The van der Waals surface area contributed by atoms with Crippen LogP contribution in [-0.2, 0) is 6.42 Å². The molecule has 2 rings (SSSR count). The number of carbonyl (C=O) groups excluding carboxylic acids is 1. The van der Waals surface area contributed by atoms with Crippen LogP contribution in [0.5, 0.6) is 0 Å². The molecular formula is C15H26N4O2S. The van der Waals surface area contributed by atoms with Gasteiger partial charge in [0.25, 0.3) is 0 Å². The highest BCUT2D eigenvalue weighted by Crippen LogP contribution is 2.16. The van der Waals surface area contributed by atoms with Crippen LogP contribution < -0.4 is 5.32 Å². The molecule has 0 spiro atoms.